The third kappa shape index (κ3) is 3.00. The molecule has 0 atom stereocenters. The molecule has 0 radical (unpaired) electrons. The summed E-state index contributed by atoms with van der Waals surface area (Å²) in [6.45, 7) is 0.537. The topological polar surface area (TPSA) is 29.5 Å². The summed E-state index contributed by atoms with van der Waals surface area (Å²) >= 11 is 0. The first kappa shape index (κ1) is 16.2. The van der Waals surface area contributed by atoms with E-state index in [1.54, 1.807) is 7.11 Å². The normalized spacial score (nSPS) is 14.6. The molecule has 1 heterocycles. The van der Waals surface area contributed by atoms with Crippen molar-refractivity contribution in [2.75, 3.05) is 7.11 Å². The van der Waals surface area contributed by atoms with Crippen molar-refractivity contribution in [3.8, 4) is 5.75 Å². The summed E-state index contributed by atoms with van der Waals surface area (Å²) in [7, 11) is 1.61. The first-order valence-corrected chi connectivity index (χ1v) is 8.57. The number of carbonyl (C=O) groups is 1. The Morgan fingerprint density at radius 1 is 0.885 bits per heavy atom. The molecule has 4 rings (SSSR count). The maximum absolute atomic E-state index is 13.1. The van der Waals surface area contributed by atoms with E-state index < -0.39 is 0 Å². The molecular formula is C23H19NO2. The summed E-state index contributed by atoms with van der Waals surface area (Å²) in [6.07, 6.45) is 2.07. The molecule has 1 aliphatic rings. The van der Waals surface area contributed by atoms with Crippen LogP contribution in [0.5, 0.6) is 5.75 Å². The number of benzene rings is 3. The third-order valence-electron chi connectivity index (χ3n) is 4.56. The highest BCUT2D eigenvalue weighted by atomic mass is 16.5. The Kier molecular flexibility index (Phi) is 4.28. The molecule has 3 nitrogen and oxygen atoms in total. The molecule has 0 spiro atoms. The van der Waals surface area contributed by atoms with Gasteiger partial charge < -0.3 is 9.64 Å². The van der Waals surface area contributed by atoms with Gasteiger partial charge in [-0.25, -0.2) is 0 Å². The standard InChI is InChI=1S/C23H19NO2/c1-26-19-12-13-20-21(15-19)23(25)24(16-18-10-6-3-7-11-18)22(20)14-17-8-4-2-5-9-17/h2-15H,16H2,1H3/b22-14-. The van der Waals surface area contributed by atoms with Gasteiger partial charge in [0.25, 0.3) is 5.91 Å². The van der Waals surface area contributed by atoms with Crippen molar-refractivity contribution in [1.29, 1.82) is 0 Å². The quantitative estimate of drug-likeness (QED) is 0.679. The molecule has 0 N–H and O–H groups in total. The maximum Gasteiger partial charge on any atom is 0.259 e. The number of carbonyl (C=O) groups excluding carboxylic acids is 1. The predicted octanol–water partition coefficient (Wildman–Crippen LogP) is 4.85. The lowest BCUT2D eigenvalue weighted by atomic mass is 10.1. The molecule has 0 saturated carbocycles. The van der Waals surface area contributed by atoms with Gasteiger partial charge in [-0.1, -0.05) is 60.7 Å². The number of methoxy groups -OCH3 is 1. The summed E-state index contributed by atoms with van der Waals surface area (Å²) < 4.78 is 5.30. The number of rotatable bonds is 4. The number of hydrogen-bond acceptors (Lipinski definition) is 2. The Morgan fingerprint density at radius 2 is 1.58 bits per heavy atom. The molecule has 128 valence electrons. The van der Waals surface area contributed by atoms with Gasteiger partial charge in [0, 0.05) is 5.56 Å². The van der Waals surface area contributed by atoms with E-state index in [0.29, 0.717) is 17.9 Å². The zero-order valence-electron chi connectivity index (χ0n) is 14.6. The number of amides is 1. The molecule has 1 aliphatic heterocycles. The second kappa shape index (κ2) is 6.89. The second-order valence-corrected chi connectivity index (χ2v) is 6.23. The zero-order chi connectivity index (χ0) is 17.9. The van der Waals surface area contributed by atoms with E-state index in [-0.39, 0.29) is 5.91 Å². The van der Waals surface area contributed by atoms with Crippen molar-refractivity contribution in [3.63, 3.8) is 0 Å². The first-order valence-electron chi connectivity index (χ1n) is 8.57. The number of nitrogens with zero attached hydrogens (tertiary/aromatic N) is 1. The van der Waals surface area contributed by atoms with Crippen LogP contribution in [-0.4, -0.2) is 17.9 Å². The molecule has 0 fully saturated rings. The summed E-state index contributed by atoms with van der Waals surface area (Å²) in [4.78, 5) is 14.9. The van der Waals surface area contributed by atoms with Gasteiger partial charge in [-0.15, -0.1) is 0 Å². The fraction of sp³-hybridized carbons (Fsp3) is 0.0870. The Hall–Kier alpha value is -3.33. The Labute approximate surface area is 153 Å². The van der Waals surface area contributed by atoms with Gasteiger partial charge in [0.1, 0.15) is 5.75 Å². The molecule has 3 heteroatoms. The van der Waals surface area contributed by atoms with Crippen molar-refractivity contribution >= 4 is 17.7 Å². The average Bonchev–Trinajstić information content (AvgIpc) is 2.95. The van der Waals surface area contributed by atoms with Crippen LogP contribution in [0.15, 0.2) is 78.9 Å². The summed E-state index contributed by atoms with van der Waals surface area (Å²) in [5, 5.41) is 0. The zero-order valence-corrected chi connectivity index (χ0v) is 14.6. The second-order valence-electron chi connectivity index (χ2n) is 6.23. The summed E-state index contributed by atoms with van der Waals surface area (Å²) in [5.41, 5.74) is 4.71. The van der Waals surface area contributed by atoms with Gasteiger partial charge in [0.05, 0.1) is 24.9 Å². The Bertz CT molecular complexity index is 962. The van der Waals surface area contributed by atoms with Gasteiger partial charge >= 0.3 is 0 Å². The Balaban J connectivity index is 1.81. The highest BCUT2D eigenvalue weighted by Gasteiger charge is 2.32. The van der Waals surface area contributed by atoms with Crippen LogP contribution in [0.3, 0.4) is 0 Å². The van der Waals surface area contributed by atoms with Crippen molar-refractivity contribution in [1.82, 2.24) is 4.90 Å². The van der Waals surface area contributed by atoms with Crippen molar-refractivity contribution < 1.29 is 9.53 Å². The minimum atomic E-state index is 0.00457. The molecule has 0 unspecified atom stereocenters. The van der Waals surface area contributed by atoms with Crippen molar-refractivity contribution in [3.05, 3.63) is 101 Å². The predicted molar refractivity (Wildman–Crippen MR) is 104 cm³/mol. The molecular weight excluding hydrogens is 322 g/mol. The monoisotopic (exact) mass is 341 g/mol. The minimum Gasteiger partial charge on any atom is -0.497 e. The number of fused-ring (bicyclic) bond motifs is 1. The lowest BCUT2D eigenvalue weighted by molar-refractivity contribution is 0.0843. The number of hydrogen-bond donors (Lipinski definition) is 0. The van der Waals surface area contributed by atoms with E-state index in [1.807, 2.05) is 83.8 Å². The van der Waals surface area contributed by atoms with Crippen LogP contribution < -0.4 is 4.74 Å². The lowest BCUT2D eigenvalue weighted by Gasteiger charge is -2.19. The smallest absolute Gasteiger partial charge is 0.259 e. The van der Waals surface area contributed by atoms with Crippen LogP contribution >= 0.6 is 0 Å². The van der Waals surface area contributed by atoms with E-state index in [9.17, 15) is 4.79 Å². The molecule has 0 aromatic heterocycles. The fourth-order valence-corrected chi connectivity index (χ4v) is 3.24. The summed E-state index contributed by atoms with van der Waals surface area (Å²) in [5.74, 6) is 0.697. The van der Waals surface area contributed by atoms with Gasteiger partial charge in [-0.2, -0.15) is 0 Å². The Morgan fingerprint density at radius 3 is 2.27 bits per heavy atom. The van der Waals surface area contributed by atoms with Crippen molar-refractivity contribution in [2.24, 2.45) is 0 Å². The van der Waals surface area contributed by atoms with E-state index >= 15 is 0 Å². The van der Waals surface area contributed by atoms with E-state index in [0.717, 1.165) is 22.4 Å². The average molecular weight is 341 g/mol. The molecule has 0 saturated heterocycles. The molecule has 0 aliphatic carbocycles. The molecule has 26 heavy (non-hydrogen) atoms. The van der Waals surface area contributed by atoms with E-state index in [2.05, 4.69) is 6.08 Å². The molecule has 3 aromatic rings. The van der Waals surface area contributed by atoms with E-state index in [1.165, 1.54) is 0 Å². The molecule has 1 amide bonds. The van der Waals surface area contributed by atoms with Crippen LogP contribution in [0, 0.1) is 0 Å². The first-order chi connectivity index (χ1) is 12.8. The summed E-state index contributed by atoms with van der Waals surface area (Å²) in [6, 6.07) is 25.8. The molecule has 3 aromatic carbocycles. The lowest BCUT2D eigenvalue weighted by Crippen LogP contribution is -2.22. The van der Waals surface area contributed by atoms with Crippen LogP contribution in [0.4, 0.5) is 0 Å². The van der Waals surface area contributed by atoms with Crippen LogP contribution in [0.2, 0.25) is 0 Å². The largest absolute Gasteiger partial charge is 0.497 e. The van der Waals surface area contributed by atoms with Crippen LogP contribution in [0.25, 0.3) is 11.8 Å². The number of ether oxygens (including phenoxy) is 1. The van der Waals surface area contributed by atoms with Crippen LogP contribution in [0.1, 0.15) is 27.0 Å². The van der Waals surface area contributed by atoms with Crippen molar-refractivity contribution in [2.45, 2.75) is 6.54 Å². The van der Waals surface area contributed by atoms with Gasteiger partial charge in [0.15, 0.2) is 0 Å². The maximum atomic E-state index is 13.1. The van der Waals surface area contributed by atoms with Crippen LogP contribution in [-0.2, 0) is 6.54 Å². The highest BCUT2D eigenvalue weighted by Crippen LogP contribution is 2.37. The highest BCUT2D eigenvalue weighted by molar-refractivity contribution is 6.12. The van der Waals surface area contributed by atoms with Gasteiger partial charge in [-0.05, 0) is 35.4 Å². The van der Waals surface area contributed by atoms with Gasteiger partial charge in [0.2, 0.25) is 0 Å². The fourth-order valence-electron chi connectivity index (χ4n) is 3.24. The third-order valence-corrected chi connectivity index (χ3v) is 4.56. The minimum absolute atomic E-state index is 0.00457. The SMILES string of the molecule is COc1ccc2c(c1)C(=O)N(Cc1ccccc1)/C2=C\c1ccccc1. The van der Waals surface area contributed by atoms with Gasteiger partial charge in [-0.3, -0.25) is 4.79 Å². The molecule has 0 bridgehead atoms. The van der Waals surface area contributed by atoms with E-state index in [4.69, 9.17) is 4.74 Å².